The summed E-state index contributed by atoms with van der Waals surface area (Å²) in [4.78, 5) is 13.8. The number of ketones is 1. The molecule has 1 aromatic carbocycles. The Labute approximate surface area is 107 Å². The minimum absolute atomic E-state index is 0. The average molecular weight is 254 g/mol. The second-order valence-corrected chi connectivity index (χ2v) is 4.12. The van der Waals surface area contributed by atoms with Gasteiger partial charge >= 0.3 is 0 Å². The first-order valence-electron chi connectivity index (χ1n) is 5.33. The van der Waals surface area contributed by atoms with Gasteiger partial charge in [-0.25, -0.2) is 0 Å². The molecule has 4 heteroatoms. The normalized spacial score (nSPS) is 10.5. The van der Waals surface area contributed by atoms with E-state index in [0.717, 1.165) is 17.5 Å². The van der Waals surface area contributed by atoms with Crippen LogP contribution in [0.3, 0.4) is 0 Å². The van der Waals surface area contributed by atoms with Crippen LogP contribution in [-0.2, 0) is 0 Å². The van der Waals surface area contributed by atoms with Gasteiger partial charge in [-0.1, -0.05) is 18.2 Å². The highest BCUT2D eigenvalue weighted by Crippen LogP contribution is 2.19. The lowest BCUT2D eigenvalue weighted by Gasteiger charge is -2.06. The molecule has 2 aromatic rings. The number of hydrogen-bond acceptors (Lipinski definition) is 3. The number of rotatable bonds is 4. The van der Waals surface area contributed by atoms with E-state index in [1.807, 2.05) is 49.3 Å². The van der Waals surface area contributed by atoms with E-state index in [9.17, 15) is 4.79 Å². The Morgan fingerprint density at radius 3 is 2.65 bits per heavy atom. The Hall–Kier alpha value is -1.32. The van der Waals surface area contributed by atoms with Crippen molar-refractivity contribution in [1.82, 2.24) is 4.90 Å². The van der Waals surface area contributed by atoms with Crippen LogP contribution in [0.5, 0.6) is 0 Å². The van der Waals surface area contributed by atoms with Gasteiger partial charge in [-0.2, -0.15) is 0 Å². The summed E-state index contributed by atoms with van der Waals surface area (Å²) in [6.45, 7) is 0.746. The lowest BCUT2D eigenvalue weighted by Crippen LogP contribution is -2.16. The molecule has 1 heterocycles. The summed E-state index contributed by atoms with van der Waals surface area (Å²) < 4.78 is 5.49. The summed E-state index contributed by atoms with van der Waals surface area (Å²) in [7, 11) is 3.90. The predicted molar refractivity (Wildman–Crippen MR) is 71.0 cm³/mol. The minimum atomic E-state index is 0. The van der Waals surface area contributed by atoms with Crippen LogP contribution in [0.1, 0.15) is 17.0 Å². The third kappa shape index (κ3) is 3.32. The van der Waals surface area contributed by atoms with Crippen LogP contribution >= 0.6 is 12.4 Å². The van der Waals surface area contributed by atoms with Gasteiger partial charge in [0.25, 0.3) is 0 Å². The molecule has 0 saturated carbocycles. The number of Topliss-reactive ketones (excluding diaryl/α,β-unsaturated/α-hetero) is 1. The van der Waals surface area contributed by atoms with Gasteiger partial charge in [0.05, 0.1) is 0 Å². The second-order valence-electron chi connectivity index (χ2n) is 4.12. The number of para-hydroxylation sites is 1. The van der Waals surface area contributed by atoms with Gasteiger partial charge in [0.15, 0.2) is 11.5 Å². The average Bonchev–Trinajstić information content (AvgIpc) is 2.69. The van der Waals surface area contributed by atoms with Gasteiger partial charge in [-0.15, -0.1) is 12.4 Å². The SMILES string of the molecule is CN(C)CCC(=O)c1cc2ccccc2o1.Cl. The summed E-state index contributed by atoms with van der Waals surface area (Å²) in [6, 6.07) is 9.47. The number of nitrogens with zero attached hydrogens (tertiary/aromatic N) is 1. The van der Waals surface area contributed by atoms with Gasteiger partial charge in [-0.3, -0.25) is 4.79 Å². The highest BCUT2D eigenvalue weighted by atomic mass is 35.5. The molecule has 0 aliphatic heterocycles. The van der Waals surface area contributed by atoms with Crippen molar-refractivity contribution in [3.8, 4) is 0 Å². The van der Waals surface area contributed by atoms with E-state index in [0.29, 0.717) is 12.2 Å². The molecular formula is C13H16ClNO2. The number of hydrogen-bond donors (Lipinski definition) is 0. The van der Waals surface area contributed by atoms with E-state index in [1.54, 1.807) is 0 Å². The van der Waals surface area contributed by atoms with E-state index in [1.165, 1.54) is 0 Å². The van der Waals surface area contributed by atoms with Crippen molar-refractivity contribution in [3.05, 3.63) is 36.1 Å². The van der Waals surface area contributed by atoms with Gasteiger partial charge in [0, 0.05) is 18.4 Å². The summed E-state index contributed by atoms with van der Waals surface area (Å²) in [5, 5.41) is 0.982. The molecule has 0 amide bonds. The van der Waals surface area contributed by atoms with Crippen molar-refractivity contribution in [2.24, 2.45) is 0 Å². The van der Waals surface area contributed by atoms with E-state index >= 15 is 0 Å². The fraction of sp³-hybridized carbons (Fsp3) is 0.308. The van der Waals surface area contributed by atoms with Crippen LogP contribution in [0, 0.1) is 0 Å². The molecular weight excluding hydrogens is 238 g/mol. The first-order valence-corrected chi connectivity index (χ1v) is 5.33. The number of halogens is 1. The molecule has 0 fully saturated rings. The second kappa shape index (κ2) is 5.84. The molecule has 0 radical (unpaired) electrons. The van der Waals surface area contributed by atoms with Crippen molar-refractivity contribution in [2.75, 3.05) is 20.6 Å². The van der Waals surface area contributed by atoms with E-state index < -0.39 is 0 Å². The Balaban J connectivity index is 0.00000144. The zero-order chi connectivity index (χ0) is 11.5. The quantitative estimate of drug-likeness (QED) is 0.786. The molecule has 0 spiro atoms. The fourth-order valence-corrected chi connectivity index (χ4v) is 1.57. The van der Waals surface area contributed by atoms with Crippen molar-refractivity contribution in [2.45, 2.75) is 6.42 Å². The van der Waals surface area contributed by atoms with Gasteiger partial charge < -0.3 is 9.32 Å². The lowest BCUT2D eigenvalue weighted by molar-refractivity contribution is 0.0947. The number of furan rings is 1. The van der Waals surface area contributed by atoms with Crippen molar-refractivity contribution >= 4 is 29.2 Å². The van der Waals surface area contributed by atoms with E-state index in [2.05, 4.69) is 0 Å². The number of fused-ring (bicyclic) bond motifs is 1. The topological polar surface area (TPSA) is 33.5 Å². The van der Waals surface area contributed by atoms with Gasteiger partial charge in [-0.05, 0) is 26.2 Å². The zero-order valence-electron chi connectivity index (χ0n) is 9.97. The molecule has 0 bridgehead atoms. The molecule has 0 saturated heterocycles. The monoisotopic (exact) mass is 253 g/mol. The Morgan fingerprint density at radius 2 is 2.00 bits per heavy atom. The third-order valence-electron chi connectivity index (χ3n) is 2.49. The molecule has 1 aromatic heterocycles. The van der Waals surface area contributed by atoms with E-state index in [4.69, 9.17) is 4.42 Å². The number of carbonyl (C=O) groups is 1. The Kier molecular flexibility index (Phi) is 4.73. The van der Waals surface area contributed by atoms with E-state index in [-0.39, 0.29) is 18.2 Å². The molecule has 3 nitrogen and oxygen atoms in total. The smallest absolute Gasteiger partial charge is 0.199 e. The molecule has 0 aliphatic carbocycles. The molecule has 2 rings (SSSR count). The van der Waals surface area contributed by atoms with Gasteiger partial charge in [0.1, 0.15) is 5.58 Å². The number of carbonyl (C=O) groups excluding carboxylic acids is 1. The summed E-state index contributed by atoms with van der Waals surface area (Å²) in [6.07, 6.45) is 0.493. The van der Waals surface area contributed by atoms with Crippen LogP contribution < -0.4 is 0 Å². The van der Waals surface area contributed by atoms with Crippen LogP contribution in [0.25, 0.3) is 11.0 Å². The summed E-state index contributed by atoms with van der Waals surface area (Å²) in [5.74, 6) is 0.521. The molecule has 17 heavy (non-hydrogen) atoms. The molecule has 0 aliphatic rings. The fourth-order valence-electron chi connectivity index (χ4n) is 1.57. The van der Waals surface area contributed by atoms with Gasteiger partial charge in [0.2, 0.25) is 0 Å². The number of benzene rings is 1. The van der Waals surface area contributed by atoms with Crippen molar-refractivity contribution < 1.29 is 9.21 Å². The molecule has 0 N–H and O–H groups in total. The zero-order valence-corrected chi connectivity index (χ0v) is 10.8. The van der Waals surface area contributed by atoms with Crippen LogP contribution in [-0.4, -0.2) is 31.3 Å². The summed E-state index contributed by atoms with van der Waals surface area (Å²) in [5.41, 5.74) is 0.774. The largest absolute Gasteiger partial charge is 0.453 e. The Morgan fingerprint density at radius 1 is 1.29 bits per heavy atom. The van der Waals surface area contributed by atoms with Crippen molar-refractivity contribution in [3.63, 3.8) is 0 Å². The maximum Gasteiger partial charge on any atom is 0.199 e. The third-order valence-corrected chi connectivity index (χ3v) is 2.49. The molecule has 92 valence electrons. The van der Waals surface area contributed by atoms with Crippen molar-refractivity contribution in [1.29, 1.82) is 0 Å². The first-order chi connectivity index (χ1) is 7.66. The standard InChI is InChI=1S/C13H15NO2.ClH/c1-14(2)8-7-11(15)13-9-10-5-3-4-6-12(10)16-13;/h3-6,9H,7-8H2,1-2H3;1H. The maximum absolute atomic E-state index is 11.8. The highest BCUT2D eigenvalue weighted by molar-refractivity contribution is 5.97. The van der Waals surface area contributed by atoms with Crippen LogP contribution in [0.15, 0.2) is 34.7 Å². The predicted octanol–water partition coefficient (Wildman–Crippen LogP) is 2.99. The first kappa shape index (κ1) is 13.7. The lowest BCUT2D eigenvalue weighted by atomic mass is 10.2. The molecule has 0 atom stereocenters. The summed E-state index contributed by atoms with van der Waals surface area (Å²) >= 11 is 0. The molecule has 0 unspecified atom stereocenters. The minimum Gasteiger partial charge on any atom is -0.453 e. The Bertz CT molecular complexity index is 472. The maximum atomic E-state index is 11.8. The van der Waals surface area contributed by atoms with Crippen LogP contribution in [0.4, 0.5) is 0 Å². The van der Waals surface area contributed by atoms with Crippen LogP contribution in [0.2, 0.25) is 0 Å². The highest BCUT2D eigenvalue weighted by Gasteiger charge is 2.11.